The summed E-state index contributed by atoms with van der Waals surface area (Å²) in [6, 6.07) is 0. The molecule has 0 aromatic carbocycles. The summed E-state index contributed by atoms with van der Waals surface area (Å²) in [5.74, 6) is -0.287. The van der Waals surface area contributed by atoms with Crippen molar-refractivity contribution in [3.63, 3.8) is 0 Å². The molecule has 1 saturated heterocycles. The van der Waals surface area contributed by atoms with Gasteiger partial charge in [0, 0.05) is 0 Å². The second-order valence-corrected chi connectivity index (χ2v) is 4.72. The Morgan fingerprint density at radius 2 is 2.20 bits per heavy atom. The highest BCUT2D eigenvalue weighted by Gasteiger charge is 2.26. The quantitative estimate of drug-likeness (QED) is 0.669. The number of hydrogen-bond donors (Lipinski definition) is 0. The number of ether oxygens (including phenoxy) is 3. The van der Waals surface area contributed by atoms with Gasteiger partial charge in [-0.05, 0) is 5.41 Å². The molecule has 0 radical (unpaired) electrons. The summed E-state index contributed by atoms with van der Waals surface area (Å²) in [6.07, 6.45) is -0.817. The third kappa shape index (κ3) is 4.67. The molecule has 5 nitrogen and oxygen atoms in total. The van der Waals surface area contributed by atoms with Crippen molar-refractivity contribution in [2.75, 3.05) is 13.2 Å². The number of esters is 1. The number of cyclic esters (lactones) is 2. The largest absolute Gasteiger partial charge is 0.508 e. The van der Waals surface area contributed by atoms with Crippen molar-refractivity contribution >= 4 is 12.1 Å². The summed E-state index contributed by atoms with van der Waals surface area (Å²) in [4.78, 5) is 21.8. The maximum atomic E-state index is 11.3. The van der Waals surface area contributed by atoms with Crippen LogP contribution in [0.3, 0.4) is 0 Å². The molecule has 1 atom stereocenters. The van der Waals surface area contributed by atoms with E-state index in [0.717, 1.165) is 0 Å². The van der Waals surface area contributed by atoms with Gasteiger partial charge in [-0.25, -0.2) is 4.79 Å². The van der Waals surface area contributed by atoms with Crippen LogP contribution in [-0.4, -0.2) is 31.4 Å². The van der Waals surface area contributed by atoms with E-state index in [1.54, 1.807) is 0 Å². The maximum Gasteiger partial charge on any atom is 0.508 e. The zero-order valence-corrected chi connectivity index (χ0v) is 9.24. The summed E-state index contributed by atoms with van der Waals surface area (Å²) in [5, 5.41) is 0. The smallest absolute Gasteiger partial charge is 0.462 e. The number of hydrogen-bond acceptors (Lipinski definition) is 5. The first kappa shape index (κ1) is 11.8. The van der Waals surface area contributed by atoms with Gasteiger partial charge in [0.25, 0.3) is 0 Å². The van der Waals surface area contributed by atoms with E-state index in [1.165, 1.54) is 0 Å². The lowest BCUT2D eigenvalue weighted by atomic mass is 9.92. The van der Waals surface area contributed by atoms with Crippen LogP contribution in [0.5, 0.6) is 0 Å². The summed E-state index contributed by atoms with van der Waals surface area (Å²) in [7, 11) is 0. The van der Waals surface area contributed by atoms with Crippen molar-refractivity contribution in [1.29, 1.82) is 0 Å². The summed E-state index contributed by atoms with van der Waals surface area (Å²) in [6.45, 7) is 6.08. The van der Waals surface area contributed by atoms with E-state index in [4.69, 9.17) is 9.47 Å². The van der Waals surface area contributed by atoms with Crippen LogP contribution in [0.1, 0.15) is 27.2 Å². The summed E-state index contributed by atoms with van der Waals surface area (Å²) in [5.41, 5.74) is -0.0973. The first-order chi connectivity index (χ1) is 6.87. The van der Waals surface area contributed by atoms with E-state index in [-0.39, 0.29) is 24.6 Å². The molecule has 1 unspecified atom stereocenters. The van der Waals surface area contributed by atoms with Crippen molar-refractivity contribution in [3.8, 4) is 0 Å². The van der Waals surface area contributed by atoms with Crippen LogP contribution in [0.2, 0.25) is 0 Å². The lowest BCUT2D eigenvalue weighted by Crippen LogP contribution is -2.23. The SMILES string of the molecule is CC(C)(C)CC(=O)OCC1COC(=O)O1. The van der Waals surface area contributed by atoms with Crippen molar-refractivity contribution in [2.24, 2.45) is 5.41 Å². The van der Waals surface area contributed by atoms with Crippen LogP contribution >= 0.6 is 0 Å². The topological polar surface area (TPSA) is 61.8 Å². The Morgan fingerprint density at radius 3 is 2.67 bits per heavy atom. The minimum absolute atomic E-state index is 0.0701. The van der Waals surface area contributed by atoms with Gasteiger partial charge in [0.05, 0.1) is 6.42 Å². The molecule has 0 aromatic heterocycles. The van der Waals surface area contributed by atoms with Crippen LogP contribution in [-0.2, 0) is 19.0 Å². The van der Waals surface area contributed by atoms with Crippen LogP contribution in [0, 0.1) is 5.41 Å². The minimum atomic E-state index is -0.702. The van der Waals surface area contributed by atoms with Gasteiger partial charge in [-0.2, -0.15) is 0 Å². The van der Waals surface area contributed by atoms with E-state index in [2.05, 4.69) is 4.74 Å². The van der Waals surface area contributed by atoms with Crippen molar-refractivity contribution in [1.82, 2.24) is 0 Å². The van der Waals surface area contributed by atoms with E-state index in [0.29, 0.717) is 6.42 Å². The number of carbonyl (C=O) groups excluding carboxylic acids is 2. The molecule has 0 N–H and O–H groups in total. The van der Waals surface area contributed by atoms with Crippen LogP contribution in [0.4, 0.5) is 4.79 Å². The molecule has 5 heteroatoms. The monoisotopic (exact) mass is 216 g/mol. The van der Waals surface area contributed by atoms with Crippen LogP contribution in [0.25, 0.3) is 0 Å². The predicted molar refractivity (Wildman–Crippen MR) is 51.3 cm³/mol. The van der Waals surface area contributed by atoms with Gasteiger partial charge >= 0.3 is 12.1 Å². The molecule has 1 fully saturated rings. The molecule has 0 spiro atoms. The Labute approximate surface area is 88.7 Å². The molecule has 0 amide bonds. The highest BCUT2D eigenvalue weighted by molar-refractivity contribution is 5.70. The predicted octanol–water partition coefficient (Wildman–Crippen LogP) is 1.50. The zero-order valence-electron chi connectivity index (χ0n) is 9.24. The highest BCUT2D eigenvalue weighted by Crippen LogP contribution is 2.19. The Morgan fingerprint density at radius 1 is 1.53 bits per heavy atom. The maximum absolute atomic E-state index is 11.3. The van der Waals surface area contributed by atoms with Gasteiger partial charge < -0.3 is 14.2 Å². The molecule has 0 aromatic rings. The average Bonchev–Trinajstić information content (AvgIpc) is 2.45. The van der Waals surface area contributed by atoms with Gasteiger partial charge in [-0.3, -0.25) is 4.79 Å². The van der Waals surface area contributed by atoms with E-state index in [1.807, 2.05) is 20.8 Å². The Hall–Kier alpha value is -1.26. The Bertz CT molecular complexity index is 253. The molecule has 1 rings (SSSR count). The molecule has 0 aliphatic carbocycles. The molecule has 15 heavy (non-hydrogen) atoms. The third-order valence-electron chi connectivity index (χ3n) is 1.75. The van der Waals surface area contributed by atoms with E-state index < -0.39 is 12.3 Å². The normalized spacial score (nSPS) is 20.7. The second kappa shape index (κ2) is 4.51. The third-order valence-corrected chi connectivity index (χ3v) is 1.75. The molecular formula is C10H16O5. The molecule has 1 heterocycles. The van der Waals surface area contributed by atoms with Crippen LogP contribution < -0.4 is 0 Å². The number of carbonyl (C=O) groups is 2. The molecule has 0 bridgehead atoms. The van der Waals surface area contributed by atoms with Gasteiger partial charge in [0.15, 0.2) is 6.10 Å². The first-order valence-electron chi connectivity index (χ1n) is 4.86. The highest BCUT2D eigenvalue weighted by atomic mass is 16.8. The number of rotatable bonds is 3. The fourth-order valence-corrected chi connectivity index (χ4v) is 1.12. The summed E-state index contributed by atoms with van der Waals surface area (Å²) < 4.78 is 14.2. The van der Waals surface area contributed by atoms with E-state index >= 15 is 0 Å². The molecule has 1 aliphatic rings. The van der Waals surface area contributed by atoms with Crippen molar-refractivity contribution in [2.45, 2.75) is 33.3 Å². The van der Waals surface area contributed by atoms with Gasteiger partial charge in [-0.1, -0.05) is 20.8 Å². The van der Waals surface area contributed by atoms with Crippen LogP contribution in [0.15, 0.2) is 0 Å². The average molecular weight is 216 g/mol. The van der Waals surface area contributed by atoms with Crippen molar-refractivity contribution in [3.05, 3.63) is 0 Å². The molecule has 0 saturated carbocycles. The fourth-order valence-electron chi connectivity index (χ4n) is 1.12. The Balaban J connectivity index is 2.20. The molecule has 1 aliphatic heterocycles. The fraction of sp³-hybridized carbons (Fsp3) is 0.800. The van der Waals surface area contributed by atoms with Crippen molar-refractivity contribution < 1.29 is 23.8 Å². The molecule has 86 valence electrons. The van der Waals surface area contributed by atoms with Gasteiger partial charge in [0.2, 0.25) is 0 Å². The van der Waals surface area contributed by atoms with E-state index in [9.17, 15) is 9.59 Å². The lowest BCUT2D eigenvalue weighted by molar-refractivity contribution is -0.148. The first-order valence-corrected chi connectivity index (χ1v) is 4.86. The standard InChI is InChI=1S/C10H16O5/c1-10(2,3)4-8(11)13-5-7-6-14-9(12)15-7/h7H,4-6H2,1-3H3. The zero-order chi connectivity index (χ0) is 11.5. The van der Waals surface area contributed by atoms with Gasteiger partial charge in [0.1, 0.15) is 13.2 Å². The lowest BCUT2D eigenvalue weighted by Gasteiger charge is -2.17. The minimum Gasteiger partial charge on any atom is -0.462 e. The molecular weight excluding hydrogens is 200 g/mol. The second-order valence-electron chi connectivity index (χ2n) is 4.72. The van der Waals surface area contributed by atoms with Gasteiger partial charge in [-0.15, -0.1) is 0 Å². The Kier molecular flexibility index (Phi) is 3.55. The summed E-state index contributed by atoms with van der Waals surface area (Å²) >= 11 is 0.